The summed E-state index contributed by atoms with van der Waals surface area (Å²) in [5, 5.41) is 19.3. The van der Waals surface area contributed by atoms with E-state index in [-0.39, 0.29) is 5.69 Å². The van der Waals surface area contributed by atoms with Gasteiger partial charge >= 0.3 is 0 Å². The smallest absolute Gasteiger partial charge is 0.276 e. The molecule has 0 radical (unpaired) electrons. The highest BCUT2D eigenvalue weighted by Gasteiger charge is 2.10. The third-order valence-electron chi connectivity index (χ3n) is 3.48. The summed E-state index contributed by atoms with van der Waals surface area (Å²) in [7, 11) is 0. The van der Waals surface area contributed by atoms with E-state index in [1.54, 1.807) is 12.1 Å². The fourth-order valence-corrected chi connectivity index (χ4v) is 3.04. The Morgan fingerprint density at radius 3 is 2.65 bits per heavy atom. The van der Waals surface area contributed by atoms with Crippen LogP contribution in [0.25, 0.3) is 11.5 Å². The lowest BCUT2D eigenvalue weighted by Gasteiger charge is -2.04. The molecule has 0 unspecified atom stereocenters. The van der Waals surface area contributed by atoms with Crippen molar-refractivity contribution in [3.05, 3.63) is 63.7 Å². The second kappa shape index (κ2) is 8.01. The summed E-state index contributed by atoms with van der Waals surface area (Å²) in [6.07, 6.45) is 0. The van der Waals surface area contributed by atoms with Gasteiger partial charge in [-0.1, -0.05) is 35.0 Å². The zero-order valence-corrected chi connectivity index (χ0v) is 15.2. The molecule has 0 bridgehead atoms. The van der Waals surface area contributed by atoms with Gasteiger partial charge in [0.1, 0.15) is 5.75 Å². The van der Waals surface area contributed by atoms with E-state index in [0.717, 1.165) is 16.7 Å². The van der Waals surface area contributed by atoms with Crippen LogP contribution in [0.2, 0.25) is 0 Å². The van der Waals surface area contributed by atoms with Gasteiger partial charge in [0.2, 0.25) is 5.89 Å². The molecule has 0 fully saturated rings. The van der Waals surface area contributed by atoms with Gasteiger partial charge in [0.15, 0.2) is 0 Å². The first-order valence-corrected chi connectivity index (χ1v) is 8.92. The van der Waals surface area contributed by atoms with Crippen LogP contribution in [0, 0.1) is 24.0 Å². The molecule has 134 valence electrons. The van der Waals surface area contributed by atoms with Gasteiger partial charge in [-0.15, -0.1) is 10.2 Å². The number of nitro benzene ring substituents is 1. The van der Waals surface area contributed by atoms with E-state index >= 15 is 0 Å². The molecular formula is C18H17N3O4S. The monoisotopic (exact) mass is 371 g/mol. The zero-order valence-electron chi connectivity index (χ0n) is 14.3. The van der Waals surface area contributed by atoms with Crippen LogP contribution in [0.1, 0.15) is 11.1 Å². The highest BCUT2D eigenvalue weighted by Crippen LogP contribution is 2.25. The second-order valence-corrected chi connectivity index (χ2v) is 6.75. The molecule has 7 nitrogen and oxygen atoms in total. The molecule has 8 heteroatoms. The molecule has 0 aliphatic rings. The van der Waals surface area contributed by atoms with E-state index in [1.807, 2.05) is 26.0 Å². The van der Waals surface area contributed by atoms with E-state index in [2.05, 4.69) is 16.3 Å². The first-order chi connectivity index (χ1) is 12.5. The molecule has 0 aliphatic carbocycles. The lowest BCUT2D eigenvalue weighted by atomic mass is 10.1. The van der Waals surface area contributed by atoms with Crippen molar-refractivity contribution < 1.29 is 14.1 Å². The molecule has 3 rings (SSSR count). The van der Waals surface area contributed by atoms with Gasteiger partial charge in [0, 0.05) is 17.4 Å². The van der Waals surface area contributed by atoms with Crippen LogP contribution < -0.4 is 4.74 Å². The molecular weight excluding hydrogens is 354 g/mol. The van der Waals surface area contributed by atoms with Crippen LogP contribution in [-0.2, 0) is 0 Å². The van der Waals surface area contributed by atoms with Gasteiger partial charge in [0.05, 0.1) is 17.6 Å². The summed E-state index contributed by atoms with van der Waals surface area (Å²) < 4.78 is 11.2. The molecule has 0 atom stereocenters. The lowest BCUT2D eigenvalue weighted by molar-refractivity contribution is -0.384. The molecule has 0 saturated carbocycles. The Balaban J connectivity index is 1.54. The minimum Gasteiger partial charge on any atom is -0.492 e. The quantitative estimate of drug-likeness (QED) is 0.262. The van der Waals surface area contributed by atoms with Gasteiger partial charge in [-0.2, -0.15) is 0 Å². The molecule has 1 aromatic heterocycles. The Hall–Kier alpha value is -2.87. The predicted molar refractivity (Wildman–Crippen MR) is 98.5 cm³/mol. The average Bonchev–Trinajstić information content (AvgIpc) is 3.07. The van der Waals surface area contributed by atoms with E-state index in [9.17, 15) is 10.1 Å². The highest BCUT2D eigenvalue weighted by molar-refractivity contribution is 7.99. The molecule has 0 saturated heterocycles. The second-order valence-electron chi connectivity index (χ2n) is 5.70. The van der Waals surface area contributed by atoms with Gasteiger partial charge in [-0.3, -0.25) is 10.1 Å². The van der Waals surface area contributed by atoms with Crippen molar-refractivity contribution in [2.45, 2.75) is 19.1 Å². The number of aryl methyl sites for hydroxylation is 2. The molecule has 2 aromatic carbocycles. The van der Waals surface area contributed by atoms with Crippen molar-refractivity contribution in [3.63, 3.8) is 0 Å². The molecule has 0 amide bonds. The van der Waals surface area contributed by atoms with Crippen LogP contribution in [0.15, 0.2) is 52.1 Å². The number of ether oxygens (including phenoxy) is 1. The summed E-state index contributed by atoms with van der Waals surface area (Å²) in [4.78, 5) is 10.3. The topological polar surface area (TPSA) is 91.3 Å². The van der Waals surface area contributed by atoms with Gasteiger partial charge in [-0.05, 0) is 32.0 Å². The molecule has 0 spiro atoms. The predicted octanol–water partition coefficient (Wildman–Crippen LogP) is 4.43. The minimum absolute atomic E-state index is 0.00476. The summed E-state index contributed by atoms with van der Waals surface area (Å²) >= 11 is 1.37. The molecule has 1 heterocycles. The summed E-state index contributed by atoms with van der Waals surface area (Å²) in [5.74, 6) is 1.53. The minimum atomic E-state index is -0.450. The number of benzene rings is 2. The van der Waals surface area contributed by atoms with Crippen LogP contribution >= 0.6 is 11.8 Å². The maximum atomic E-state index is 10.7. The Morgan fingerprint density at radius 2 is 1.92 bits per heavy atom. The van der Waals surface area contributed by atoms with Crippen molar-refractivity contribution in [3.8, 4) is 17.2 Å². The SMILES string of the molecule is Cc1cc(C)cc(-c2nnc(SCCOc3cccc([N+](=O)[O-])c3)o2)c1. The molecule has 3 aromatic rings. The molecule has 0 aliphatic heterocycles. The van der Waals surface area contributed by atoms with Crippen LogP contribution in [-0.4, -0.2) is 27.5 Å². The third-order valence-corrected chi connectivity index (χ3v) is 4.26. The number of aromatic nitrogens is 2. The standard InChI is InChI=1S/C18H17N3O4S/c1-12-8-13(2)10-14(9-12)17-19-20-18(25-17)26-7-6-24-16-5-3-4-15(11-16)21(22)23/h3-5,8-11H,6-7H2,1-2H3. The lowest BCUT2D eigenvalue weighted by Crippen LogP contribution is -2.00. The number of rotatable bonds is 7. The largest absolute Gasteiger partial charge is 0.492 e. The van der Waals surface area contributed by atoms with E-state index in [0.29, 0.717) is 29.2 Å². The number of thioether (sulfide) groups is 1. The number of nitro groups is 1. The van der Waals surface area contributed by atoms with Crippen molar-refractivity contribution in [2.75, 3.05) is 12.4 Å². The normalized spacial score (nSPS) is 10.7. The summed E-state index contributed by atoms with van der Waals surface area (Å²) in [5.41, 5.74) is 3.18. The van der Waals surface area contributed by atoms with Gasteiger partial charge in [-0.25, -0.2) is 0 Å². The van der Waals surface area contributed by atoms with Crippen molar-refractivity contribution in [2.24, 2.45) is 0 Å². The Labute approximate surface area is 154 Å². The van der Waals surface area contributed by atoms with Crippen LogP contribution in [0.5, 0.6) is 5.75 Å². The van der Waals surface area contributed by atoms with E-state index in [1.165, 1.54) is 23.9 Å². The summed E-state index contributed by atoms with van der Waals surface area (Å²) in [6, 6.07) is 12.2. The zero-order chi connectivity index (χ0) is 18.5. The van der Waals surface area contributed by atoms with Crippen molar-refractivity contribution >= 4 is 17.4 Å². The first kappa shape index (κ1) is 17.9. The van der Waals surface area contributed by atoms with Crippen molar-refractivity contribution in [1.29, 1.82) is 0 Å². The third kappa shape index (κ3) is 4.60. The number of hydrogen-bond donors (Lipinski definition) is 0. The molecule has 26 heavy (non-hydrogen) atoms. The number of non-ortho nitro benzene ring substituents is 1. The number of hydrogen-bond acceptors (Lipinski definition) is 7. The van der Waals surface area contributed by atoms with E-state index in [4.69, 9.17) is 9.15 Å². The van der Waals surface area contributed by atoms with Gasteiger partial charge < -0.3 is 9.15 Å². The Kier molecular flexibility index (Phi) is 5.52. The van der Waals surface area contributed by atoms with Gasteiger partial charge in [0.25, 0.3) is 10.9 Å². The maximum Gasteiger partial charge on any atom is 0.276 e. The first-order valence-electron chi connectivity index (χ1n) is 7.93. The fraction of sp³-hybridized carbons (Fsp3) is 0.222. The maximum absolute atomic E-state index is 10.7. The van der Waals surface area contributed by atoms with Crippen LogP contribution in [0.3, 0.4) is 0 Å². The average molecular weight is 371 g/mol. The summed E-state index contributed by atoms with van der Waals surface area (Å²) in [6.45, 7) is 4.41. The van der Waals surface area contributed by atoms with Crippen molar-refractivity contribution in [1.82, 2.24) is 10.2 Å². The number of nitrogens with zero attached hydrogens (tertiary/aromatic N) is 3. The molecule has 0 N–H and O–H groups in total. The highest BCUT2D eigenvalue weighted by atomic mass is 32.2. The Morgan fingerprint density at radius 1 is 1.15 bits per heavy atom. The van der Waals surface area contributed by atoms with Crippen LogP contribution in [0.4, 0.5) is 5.69 Å². The van der Waals surface area contributed by atoms with E-state index < -0.39 is 4.92 Å². The Bertz CT molecular complexity index is 906. The fourth-order valence-electron chi connectivity index (χ4n) is 2.46.